The van der Waals surface area contributed by atoms with E-state index in [2.05, 4.69) is 4.99 Å². The Morgan fingerprint density at radius 3 is 2.85 bits per heavy atom. The molecule has 0 spiro atoms. The molecule has 1 heterocycles. The van der Waals surface area contributed by atoms with Crippen molar-refractivity contribution >= 4 is 18.0 Å². The molecule has 0 aliphatic rings. The fourth-order valence-electron chi connectivity index (χ4n) is 1.55. The van der Waals surface area contributed by atoms with Crippen molar-refractivity contribution in [2.24, 2.45) is 4.99 Å². The Hall–Kier alpha value is -2.17. The number of hydrogen-bond acceptors (Lipinski definition) is 5. The number of aliphatic imine (C=N–C) groups is 1. The molecular formula is C15H19NO4. The van der Waals surface area contributed by atoms with E-state index in [1.54, 1.807) is 25.5 Å². The van der Waals surface area contributed by atoms with Crippen LogP contribution in [0.2, 0.25) is 0 Å². The molecule has 0 aliphatic heterocycles. The Bertz CT molecular complexity index is 474. The molecule has 0 radical (unpaired) electrons. The second-order valence-electron chi connectivity index (χ2n) is 4.08. The molecule has 5 heteroatoms. The van der Waals surface area contributed by atoms with Crippen LogP contribution in [0.15, 0.2) is 40.2 Å². The lowest BCUT2D eigenvalue weighted by Crippen LogP contribution is -2.04. The Labute approximate surface area is 118 Å². The minimum atomic E-state index is -0.413. The van der Waals surface area contributed by atoms with Crippen molar-refractivity contribution in [2.45, 2.75) is 32.7 Å². The Morgan fingerprint density at radius 2 is 2.25 bits per heavy atom. The Morgan fingerprint density at radius 1 is 1.45 bits per heavy atom. The van der Waals surface area contributed by atoms with Crippen LogP contribution in [0.4, 0.5) is 0 Å². The van der Waals surface area contributed by atoms with Gasteiger partial charge in [-0.3, -0.25) is 9.79 Å². The number of rotatable bonds is 8. The molecule has 0 aromatic carbocycles. The first-order valence-electron chi connectivity index (χ1n) is 6.57. The van der Waals surface area contributed by atoms with Crippen LogP contribution in [0.3, 0.4) is 0 Å². The molecule has 0 N–H and O–H groups in total. The van der Waals surface area contributed by atoms with Crippen LogP contribution in [0.25, 0.3) is 0 Å². The van der Waals surface area contributed by atoms with Crippen molar-refractivity contribution in [2.75, 3.05) is 6.61 Å². The molecule has 1 aromatic heterocycles. The minimum absolute atomic E-state index is 0.128. The Balaban J connectivity index is 2.65. The van der Waals surface area contributed by atoms with Crippen LogP contribution >= 0.6 is 0 Å². The van der Waals surface area contributed by atoms with E-state index >= 15 is 0 Å². The lowest BCUT2D eigenvalue weighted by atomic mass is 10.0. The SMILES string of the molecule is CCOC(=O)/C=C/C=N[C@@H](CC(=O)CC)c1ccoc1. The normalized spacial score (nSPS) is 12.9. The molecule has 0 bridgehead atoms. The topological polar surface area (TPSA) is 68.9 Å². The average molecular weight is 277 g/mol. The first-order valence-corrected chi connectivity index (χ1v) is 6.57. The summed E-state index contributed by atoms with van der Waals surface area (Å²) in [6.07, 6.45) is 8.20. The van der Waals surface area contributed by atoms with Crippen molar-refractivity contribution < 1.29 is 18.7 Å². The molecule has 5 nitrogen and oxygen atoms in total. The van der Waals surface area contributed by atoms with E-state index in [0.29, 0.717) is 19.4 Å². The third kappa shape index (κ3) is 5.65. The molecule has 0 fully saturated rings. The number of allylic oxidation sites excluding steroid dienone is 1. The number of carbonyl (C=O) groups is 2. The third-order valence-corrected chi connectivity index (χ3v) is 2.61. The molecule has 1 rings (SSSR count). The summed E-state index contributed by atoms with van der Waals surface area (Å²) in [6.45, 7) is 3.90. The van der Waals surface area contributed by atoms with Gasteiger partial charge < -0.3 is 9.15 Å². The highest BCUT2D eigenvalue weighted by molar-refractivity contribution is 5.88. The van der Waals surface area contributed by atoms with Crippen LogP contribution in [0.5, 0.6) is 0 Å². The number of ketones is 1. The largest absolute Gasteiger partial charge is 0.472 e. The molecule has 0 amide bonds. The molecule has 1 aromatic rings. The number of esters is 1. The van der Waals surface area contributed by atoms with Gasteiger partial charge >= 0.3 is 5.97 Å². The summed E-state index contributed by atoms with van der Waals surface area (Å²) < 4.78 is 9.76. The Kier molecular flexibility index (Phi) is 7.03. The van der Waals surface area contributed by atoms with Gasteiger partial charge in [-0.05, 0) is 19.1 Å². The van der Waals surface area contributed by atoms with Crippen molar-refractivity contribution in [3.8, 4) is 0 Å². The summed E-state index contributed by atoms with van der Waals surface area (Å²) in [5.41, 5.74) is 0.840. The number of hydrogen-bond donors (Lipinski definition) is 0. The van der Waals surface area contributed by atoms with E-state index in [9.17, 15) is 9.59 Å². The summed E-state index contributed by atoms with van der Waals surface area (Å²) in [6, 6.07) is 1.49. The van der Waals surface area contributed by atoms with Gasteiger partial charge in [0.15, 0.2) is 0 Å². The van der Waals surface area contributed by atoms with Crippen molar-refractivity contribution in [3.63, 3.8) is 0 Å². The van der Waals surface area contributed by atoms with Gasteiger partial charge in [-0.15, -0.1) is 0 Å². The van der Waals surface area contributed by atoms with Crippen LogP contribution < -0.4 is 0 Å². The van der Waals surface area contributed by atoms with Gasteiger partial charge in [-0.2, -0.15) is 0 Å². The highest BCUT2D eigenvalue weighted by Gasteiger charge is 2.14. The standard InChI is InChI=1S/C15H19NO4/c1-3-13(17)10-14(12-7-9-19-11-12)16-8-5-6-15(18)20-4-2/h5-9,11,14H,3-4,10H2,1-2H3/b6-5+,16-8?/t14-/m0/s1. The van der Waals surface area contributed by atoms with E-state index in [-0.39, 0.29) is 11.8 Å². The summed E-state index contributed by atoms with van der Waals surface area (Å²) in [4.78, 5) is 26.9. The fourth-order valence-corrected chi connectivity index (χ4v) is 1.55. The van der Waals surface area contributed by atoms with E-state index in [1.807, 2.05) is 6.92 Å². The number of furan rings is 1. The highest BCUT2D eigenvalue weighted by Crippen LogP contribution is 2.22. The summed E-state index contributed by atoms with van der Waals surface area (Å²) in [5, 5.41) is 0. The maximum Gasteiger partial charge on any atom is 0.330 e. The highest BCUT2D eigenvalue weighted by atomic mass is 16.5. The monoisotopic (exact) mass is 277 g/mol. The maximum absolute atomic E-state index is 11.5. The first-order chi connectivity index (χ1) is 9.67. The lowest BCUT2D eigenvalue weighted by molar-refractivity contribution is -0.137. The van der Waals surface area contributed by atoms with Crippen molar-refractivity contribution in [3.05, 3.63) is 36.3 Å². The van der Waals surface area contributed by atoms with E-state index in [0.717, 1.165) is 5.56 Å². The molecule has 0 saturated carbocycles. The molecule has 20 heavy (non-hydrogen) atoms. The zero-order valence-electron chi connectivity index (χ0n) is 11.7. The molecular weight excluding hydrogens is 258 g/mol. The smallest absolute Gasteiger partial charge is 0.330 e. The first kappa shape index (κ1) is 15.9. The van der Waals surface area contributed by atoms with Gasteiger partial charge in [0.1, 0.15) is 5.78 Å². The van der Waals surface area contributed by atoms with Gasteiger partial charge in [0.2, 0.25) is 0 Å². The maximum atomic E-state index is 11.5. The molecule has 0 saturated heterocycles. The van der Waals surface area contributed by atoms with Crippen molar-refractivity contribution in [1.29, 1.82) is 0 Å². The minimum Gasteiger partial charge on any atom is -0.472 e. The van der Waals surface area contributed by atoms with Crippen LogP contribution in [-0.2, 0) is 14.3 Å². The number of Topliss-reactive ketones (excluding diaryl/α,β-unsaturated/α-hetero) is 1. The van der Waals surface area contributed by atoms with E-state index in [1.165, 1.54) is 18.4 Å². The molecule has 1 atom stereocenters. The number of carbonyl (C=O) groups excluding carboxylic acids is 2. The second-order valence-corrected chi connectivity index (χ2v) is 4.08. The van der Waals surface area contributed by atoms with Gasteiger partial charge in [0, 0.05) is 30.7 Å². The van der Waals surface area contributed by atoms with E-state index < -0.39 is 5.97 Å². The van der Waals surface area contributed by atoms with Crippen LogP contribution in [-0.4, -0.2) is 24.6 Å². The number of nitrogens with zero attached hydrogens (tertiary/aromatic N) is 1. The van der Waals surface area contributed by atoms with Gasteiger partial charge in [-0.25, -0.2) is 4.79 Å². The quantitative estimate of drug-likeness (QED) is 0.416. The zero-order chi connectivity index (χ0) is 14.8. The van der Waals surface area contributed by atoms with Gasteiger partial charge in [0.25, 0.3) is 0 Å². The fraction of sp³-hybridized carbons (Fsp3) is 0.400. The molecule has 0 unspecified atom stereocenters. The predicted octanol–water partition coefficient (Wildman–Crippen LogP) is 2.88. The summed E-state index contributed by atoms with van der Waals surface area (Å²) >= 11 is 0. The summed E-state index contributed by atoms with van der Waals surface area (Å²) in [5.74, 6) is -0.286. The average Bonchev–Trinajstić information content (AvgIpc) is 2.96. The second kappa shape index (κ2) is 8.85. The van der Waals surface area contributed by atoms with Crippen LogP contribution in [0, 0.1) is 0 Å². The molecule has 0 aliphatic carbocycles. The lowest BCUT2D eigenvalue weighted by Gasteiger charge is -2.08. The predicted molar refractivity (Wildman–Crippen MR) is 75.6 cm³/mol. The zero-order valence-corrected chi connectivity index (χ0v) is 11.7. The van der Waals surface area contributed by atoms with Crippen molar-refractivity contribution in [1.82, 2.24) is 0 Å². The molecule has 108 valence electrons. The number of ether oxygens (including phenoxy) is 1. The third-order valence-electron chi connectivity index (χ3n) is 2.61. The van der Waals surface area contributed by atoms with Gasteiger partial charge in [-0.1, -0.05) is 6.92 Å². The summed E-state index contributed by atoms with van der Waals surface area (Å²) in [7, 11) is 0. The van der Waals surface area contributed by atoms with Crippen LogP contribution in [0.1, 0.15) is 38.3 Å². The van der Waals surface area contributed by atoms with Gasteiger partial charge in [0.05, 0.1) is 25.2 Å². The van der Waals surface area contributed by atoms with E-state index in [4.69, 9.17) is 9.15 Å².